The van der Waals surface area contributed by atoms with E-state index in [9.17, 15) is 0 Å². The molecule has 0 aliphatic carbocycles. The van der Waals surface area contributed by atoms with Crippen LogP contribution >= 0.6 is 0 Å². The molecule has 1 aromatic carbocycles. The van der Waals surface area contributed by atoms with Crippen LogP contribution in [-0.2, 0) is 0 Å². The fourth-order valence-electron chi connectivity index (χ4n) is 1.51. The summed E-state index contributed by atoms with van der Waals surface area (Å²) in [4.78, 5) is 4.30. The van der Waals surface area contributed by atoms with Crippen molar-refractivity contribution in [3.63, 3.8) is 0 Å². The first-order valence-corrected chi connectivity index (χ1v) is 4.83. The van der Waals surface area contributed by atoms with Gasteiger partial charge in [0.2, 0.25) is 0 Å². The van der Waals surface area contributed by atoms with Crippen molar-refractivity contribution < 1.29 is 0 Å². The third-order valence-corrected chi connectivity index (χ3v) is 2.40. The van der Waals surface area contributed by atoms with Gasteiger partial charge in [-0.3, -0.25) is 0 Å². The second kappa shape index (κ2) is 3.29. The summed E-state index contributed by atoms with van der Waals surface area (Å²) in [6.07, 6.45) is 0. The monoisotopic (exact) mass is 186 g/mol. The van der Waals surface area contributed by atoms with Gasteiger partial charge in [0, 0.05) is 5.39 Å². The molecule has 2 aromatic rings. The minimum atomic E-state index is 0.530. The van der Waals surface area contributed by atoms with Crippen LogP contribution in [0.3, 0.4) is 0 Å². The van der Waals surface area contributed by atoms with E-state index in [2.05, 4.69) is 37.0 Å². The van der Waals surface area contributed by atoms with Gasteiger partial charge in [-0.1, -0.05) is 26.0 Å². The Bertz CT molecular complexity index is 461. The topological polar surface area (TPSA) is 38.9 Å². The third-order valence-electron chi connectivity index (χ3n) is 2.40. The smallest absolute Gasteiger partial charge is 0.124 e. The van der Waals surface area contributed by atoms with E-state index in [-0.39, 0.29) is 0 Å². The molecule has 0 amide bonds. The summed E-state index contributed by atoms with van der Waals surface area (Å²) < 4.78 is 0. The number of fused-ring (bicyclic) bond motifs is 1. The lowest BCUT2D eigenvalue weighted by molar-refractivity contribution is 0.868. The molecule has 0 spiro atoms. The first-order chi connectivity index (χ1) is 6.66. The van der Waals surface area contributed by atoms with Gasteiger partial charge in [0.05, 0.1) is 5.52 Å². The zero-order chi connectivity index (χ0) is 10.1. The van der Waals surface area contributed by atoms with E-state index in [1.165, 1.54) is 5.56 Å². The van der Waals surface area contributed by atoms with Crippen molar-refractivity contribution >= 4 is 16.7 Å². The number of hydrogen-bond donors (Lipinski definition) is 1. The van der Waals surface area contributed by atoms with Gasteiger partial charge in [0.15, 0.2) is 0 Å². The zero-order valence-electron chi connectivity index (χ0n) is 8.49. The molecule has 0 fully saturated rings. The van der Waals surface area contributed by atoms with E-state index in [1.54, 1.807) is 0 Å². The zero-order valence-corrected chi connectivity index (χ0v) is 8.49. The van der Waals surface area contributed by atoms with Crippen LogP contribution in [0.2, 0.25) is 0 Å². The number of benzene rings is 1. The van der Waals surface area contributed by atoms with Crippen LogP contribution < -0.4 is 5.73 Å². The fraction of sp³-hybridized carbons (Fsp3) is 0.250. The van der Waals surface area contributed by atoms with Crippen LogP contribution in [0.4, 0.5) is 5.82 Å². The van der Waals surface area contributed by atoms with Crippen LogP contribution in [0.1, 0.15) is 25.3 Å². The van der Waals surface area contributed by atoms with Gasteiger partial charge in [-0.05, 0) is 29.7 Å². The van der Waals surface area contributed by atoms with E-state index >= 15 is 0 Å². The summed E-state index contributed by atoms with van der Waals surface area (Å²) in [7, 11) is 0. The number of pyridine rings is 1. The molecule has 72 valence electrons. The van der Waals surface area contributed by atoms with Gasteiger partial charge >= 0.3 is 0 Å². The van der Waals surface area contributed by atoms with E-state index in [4.69, 9.17) is 5.73 Å². The van der Waals surface area contributed by atoms with E-state index < -0.39 is 0 Å². The number of nitrogens with zero attached hydrogens (tertiary/aromatic N) is 1. The van der Waals surface area contributed by atoms with Crippen molar-refractivity contribution in [2.45, 2.75) is 19.8 Å². The quantitative estimate of drug-likeness (QED) is 0.743. The highest BCUT2D eigenvalue weighted by atomic mass is 14.8. The lowest BCUT2D eigenvalue weighted by Gasteiger charge is -2.06. The molecule has 0 radical (unpaired) electrons. The van der Waals surface area contributed by atoms with E-state index in [0.717, 1.165) is 10.9 Å². The number of rotatable bonds is 1. The second-order valence-corrected chi connectivity index (χ2v) is 3.84. The summed E-state index contributed by atoms with van der Waals surface area (Å²) in [5.74, 6) is 1.11. The maximum atomic E-state index is 5.64. The Balaban J connectivity index is 2.63. The number of aromatic nitrogens is 1. The van der Waals surface area contributed by atoms with Crippen molar-refractivity contribution in [2.24, 2.45) is 0 Å². The Morgan fingerprint density at radius 3 is 2.57 bits per heavy atom. The lowest BCUT2D eigenvalue weighted by atomic mass is 10.0. The highest BCUT2D eigenvalue weighted by molar-refractivity contribution is 5.80. The average molecular weight is 186 g/mol. The lowest BCUT2D eigenvalue weighted by Crippen LogP contribution is -1.92. The van der Waals surface area contributed by atoms with Crippen LogP contribution in [0.15, 0.2) is 30.3 Å². The molecular formula is C12H14N2. The van der Waals surface area contributed by atoms with Gasteiger partial charge in [-0.25, -0.2) is 4.98 Å². The summed E-state index contributed by atoms with van der Waals surface area (Å²) in [6, 6.07) is 10.2. The van der Waals surface area contributed by atoms with Gasteiger partial charge in [0.1, 0.15) is 5.82 Å². The van der Waals surface area contributed by atoms with Crippen LogP contribution in [0.5, 0.6) is 0 Å². The third kappa shape index (κ3) is 1.55. The summed E-state index contributed by atoms with van der Waals surface area (Å²) in [5, 5.41) is 1.14. The minimum Gasteiger partial charge on any atom is -0.384 e. The largest absolute Gasteiger partial charge is 0.384 e. The Labute approximate surface area is 83.8 Å². The summed E-state index contributed by atoms with van der Waals surface area (Å²) in [5.41, 5.74) is 7.92. The molecule has 0 bridgehead atoms. The van der Waals surface area contributed by atoms with Gasteiger partial charge in [-0.2, -0.15) is 0 Å². The number of nitrogen functional groups attached to an aromatic ring is 1. The molecule has 0 atom stereocenters. The molecule has 2 rings (SSSR count). The molecule has 0 saturated heterocycles. The highest BCUT2D eigenvalue weighted by Crippen LogP contribution is 2.20. The molecule has 2 nitrogen and oxygen atoms in total. The molecular weight excluding hydrogens is 172 g/mol. The van der Waals surface area contributed by atoms with Gasteiger partial charge in [0.25, 0.3) is 0 Å². The van der Waals surface area contributed by atoms with Gasteiger partial charge in [-0.15, -0.1) is 0 Å². The number of hydrogen-bond acceptors (Lipinski definition) is 2. The maximum Gasteiger partial charge on any atom is 0.124 e. The van der Waals surface area contributed by atoms with Gasteiger partial charge < -0.3 is 5.73 Å². The molecule has 1 heterocycles. The van der Waals surface area contributed by atoms with Crippen LogP contribution in [-0.4, -0.2) is 4.98 Å². The first kappa shape index (κ1) is 9.00. The Morgan fingerprint density at radius 1 is 1.14 bits per heavy atom. The minimum absolute atomic E-state index is 0.530. The molecule has 2 heteroatoms. The molecule has 0 saturated carbocycles. The van der Waals surface area contributed by atoms with E-state index in [0.29, 0.717) is 11.7 Å². The Morgan fingerprint density at radius 2 is 1.86 bits per heavy atom. The van der Waals surface area contributed by atoms with Crippen LogP contribution in [0, 0.1) is 0 Å². The van der Waals surface area contributed by atoms with Crippen molar-refractivity contribution in [2.75, 3.05) is 5.73 Å². The molecule has 2 N–H and O–H groups in total. The maximum absolute atomic E-state index is 5.64. The number of nitrogens with two attached hydrogens (primary N) is 1. The molecule has 1 aromatic heterocycles. The molecule has 0 unspecified atom stereocenters. The normalized spacial score (nSPS) is 11.1. The van der Waals surface area contributed by atoms with Crippen molar-refractivity contribution in [3.05, 3.63) is 35.9 Å². The fourth-order valence-corrected chi connectivity index (χ4v) is 1.51. The van der Waals surface area contributed by atoms with E-state index in [1.807, 2.05) is 12.1 Å². The predicted molar refractivity (Wildman–Crippen MR) is 60.2 cm³/mol. The Kier molecular flexibility index (Phi) is 2.12. The van der Waals surface area contributed by atoms with Crippen molar-refractivity contribution in [3.8, 4) is 0 Å². The van der Waals surface area contributed by atoms with Crippen LogP contribution in [0.25, 0.3) is 10.9 Å². The summed E-state index contributed by atoms with van der Waals surface area (Å²) >= 11 is 0. The number of anilines is 1. The Hall–Kier alpha value is -1.57. The van der Waals surface area contributed by atoms with Crippen molar-refractivity contribution in [1.29, 1.82) is 0 Å². The first-order valence-electron chi connectivity index (χ1n) is 4.83. The summed E-state index contributed by atoms with van der Waals surface area (Å²) in [6.45, 7) is 4.35. The predicted octanol–water partition coefficient (Wildman–Crippen LogP) is 2.94. The molecule has 0 aliphatic heterocycles. The molecule has 14 heavy (non-hydrogen) atoms. The van der Waals surface area contributed by atoms with Crippen molar-refractivity contribution in [1.82, 2.24) is 4.98 Å². The second-order valence-electron chi connectivity index (χ2n) is 3.84. The standard InChI is InChI=1S/C12H14N2/c1-8(2)10-4-3-9-5-6-12(13)14-11(9)7-10/h3-8H,1-2H3,(H2,13,14). The molecule has 0 aliphatic rings. The average Bonchev–Trinajstić information content (AvgIpc) is 2.16. The highest BCUT2D eigenvalue weighted by Gasteiger charge is 2.01. The SMILES string of the molecule is CC(C)c1ccc2ccc(N)nc2c1.